The Kier molecular flexibility index (Phi) is 5.29. The standard InChI is InChI=1S/C17H10Cl2F2N4O/c18-10-4-11(19)6-12(5-10)24-16(26)9-7-22-17(23-8-9)25-15-13(20)2-1-3-14(15)21/h1-8H,(H,24,26)(H,22,23,25). The lowest BCUT2D eigenvalue weighted by Crippen LogP contribution is -2.13. The van der Waals surface area contributed by atoms with Crippen LogP contribution in [0.3, 0.4) is 0 Å². The highest BCUT2D eigenvalue weighted by Crippen LogP contribution is 2.23. The van der Waals surface area contributed by atoms with E-state index in [4.69, 9.17) is 23.2 Å². The molecule has 0 aliphatic rings. The van der Waals surface area contributed by atoms with Gasteiger partial charge in [-0.25, -0.2) is 18.7 Å². The largest absolute Gasteiger partial charge is 0.322 e. The molecule has 5 nitrogen and oxygen atoms in total. The summed E-state index contributed by atoms with van der Waals surface area (Å²) in [6.45, 7) is 0. The molecular weight excluding hydrogens is 385 g/mol. The third kappa shape index (κ3) is 4.25. The van der Waals surface area contributed by atoms with Gasteiger partial charge in [0.2, 0.25) is 5.95 Å². The Labute approximate surface area is 157 Å². The summed E-state index contributed by atoms with van der Waals surface area (Å²) in [5.74, 6) is -2.12. The normalized spacial score (nSPS) is 10.5. The van der Waals surface area contributed by atoms with Crippen LogP contribution in [0.5, 0.6) is 0 Å². The minimum absolute atomic E-state index is 0.0589. The number of rotatable bonds is 4. The van der Waals surface area contributed by atoms with Crippen molar-refractivity contribution >= 4 is 46.4 Å². The van der Waals surface area contributed by atoms with Crippen LogP contribution in [0.4, 0.5) is 26.1 Å². The summed E-state index contributed by atoms with van der Waals surface area (Å²) in [5.41, 5.74) is 0.169. The highest BCUT2D eigenvalue weighted by molar-refractivity contribution is 6.35. The molecule has 0 aliphatic heterocycles. The number of benzene rings is 2. The van der Waals surface area contributed by atoms with Crippen LogP contribution < -0.4 is 10.6 Å². The first kappa shape index (κ1) is 18.0. The molecule has 0 saturated carbocycles. The van der Waals surface area contributed by atoms with E-state index < -0.39 is 17.5 Å². The molecule has 3 rings (SSSR count). The molecule has 0 saturated heterocycles. The first-order valence-corrected chi connectivity index (χ1v) is 7.98. The molecule has 2 N–H and O–H groups in total. The summed E-state index contributed by atoms with van der Waals surface area (Å²) in [4.78, 5) is 20.0. The lowest BCUT2D eigenvalue weighted by molar-refractivity contribution is 0.102. The smallest absolute Gasteiger partial charge is 0.258 e. The van der Waals surface area contributed by atoms with Gasteiger partial charge in [0.1, 0.15) is 17.3 Å². The Balaban J connectivity index is 1.73. The zero-order valence-electron chi connectivity index (χ0n) is 12.9. The number of amides is 1. The van der Waals surface area contributed by atoms with E-state index in [9.17, 15) is 13.6 Å². The van der Waals surface area contributed by atoms with E-state index >= 15 is 0 Å². The maximum atomic E-state index is 13.6. The quantitative estimate of drug-likeness (QED) is 0.648. The fraction of sp³-hybridized carbons (Fsp3) is 0. The number of aromatic nitrogens is 2. The monoisotopic (exact) mass is 394 g/mol. The van der Waals surface area contributed by atoms with E-state index in [-0.39, 0.29) is 17.2 Å². The van der Waals surface area contributed by atoms with E-state index in [1.54, 1.807) is 0 Å². The molecule has 9 heteroatoms. The van der Waals surface area contributed by atoms with Gasteiger partial charge in [0.05, 0.1) is 5.56 Å². The molecular formula is C17H10Cl2F2N4O. The fourth-order valence-corrected chi connectivity index (χ4v) is 2.59. The minimum Gasteiger partial charge on any atom is -0.322 e. The molecule has 1 aromatic heterocycles. The first-order valence-electron chi connectivity index (χ1n) is 7.23. The number of carbonyl (C=O) groups excluding carboxylic acids is 1. The number of hydrogen-bond donors (Lipinski definition) is 2. The van der Waals surface area contributed by atoms with Crippen LogP contribution in [0, 0.1) is 11.6 Å². The average Bonchev–Trinajstić information content (AvgIpc) is 2.58. The molecule has 0 atom stereocenters. The molecule has 2 aromatic carbocycles. The van der Waals surface area contributed by atoms with Crippen molar-refractivity contribution in [1.29, 1.82) is 0 Å². The first-order chi connectivity index (χ1) is 12.4. The number of para-hydroxylation sites is 1. The second kappa shape index (κ2) is 7.63. The zero-order chi connectivity index (χ0) is 18.7. The van der Waals surface area contributed by atoms with Crippen LogP contribution in [-0.2, 0) is 0 Å². The molecule has 0 bridgehead atoms. The molecule has 26 heavy (non-hydrogen) atoms. The predicted molar refractivity (Wildman–Crippen MR) is 96.1 cm³/mol. The third-order valence-corrected chi connectivity index (χ3v) is 3.67. The highest BCUT2D eigenvalue weighted by atomic mass is 35.5. The van der Waals surface area contributed by atoms with Crippen molar-refractivity contribution in [1.82, 2.24) is 9.97 Å². The van der Waals surface area contributed by atoms with Gasteiger partial charge >= 0.3 is 0 Å². The SMILES string of the molecule is O=C(Nc1cc(Cl)cc(Cl)c1)c1cnc(Nc2c(F)cccc2F)nc1. The van der Waals surface area contributed by atoms with E-state index in [0.717, 1.165) is 12.1 Å². The van der Waals surface area contributed by atoms with Crippen molar-refractivity contribution in [3.8, 4) is 0 Å². The van der Waals surface area contributed by atoms with Crippen molar-refractivity contribution in [3.05, 3.63) is 76.0 Å². The van der Waals surface area contributed by atoms with Crippen LogP contribution in [-0.4, -0.2) is 15.9 Å². The van der Waals surface area contributed by atoms with Crippen LogP contribution in [0.2, 0.25) is 10.0 Å². The van der Waals surface area contributed by atoms with E-state index in [1.807, 2.05) is 0 Å². The number of nitrogens with one attached hydrogen (secondary N) is 2. The lowest BCUT2D eigenvalue weighted by atomic mass is 10.2. The summed E-state index contributed by atoms with van der Waals surface area (Å²) < 4.78 is 27.2. The van der Waals surface area contributed by atoms with Crippen LogP contribution in [0.15, 0.2) is 48.8 Å². The second-order valence-electron chi connectivity index (χ2n) is 5.13. The lowest BCUT2D eigenvalue weighted by Gasteiger charge is -2.08. The van der Waals surface area contributed by atoms with Crippen LogP contribution in [0.1, 0.15) is 10.4 Å². The Hall–Kier alpha value is -2.77. The van der Waals surface area contributed by atoms with E-state index in [0.29, 0.717) is 15.7 Å². The number of hydrogen-bond acceptors (Lipinski definition) is 4. The topological polar surface area (TPSA) is 66.9 Å². The Morgan fingerprint density at radius 3 is 2.12 bits per heavy atom. The van der Waals surface area contributed by atoms with Gasteiger partial charge in [-0.3, -0.25) is 4.79 Å². The molecule has 0 spiro atoms. The van der Waals surface area contributed by atoms with Crippen molar-refractivity contribution in [2.45, 2.75) is 0 Å². The molecule has 1 heterocycles. The van der Waals surface area contributed by atoms with Gasteiger partial charge in [-0.2, -0.15) is 0 Å². The second-order valence-corrected chi connectivity index (χ2v) is 6.00. The number of nitrogens with zero attached hydrogens (tertiary/aromatic N) is 2. The van der Waals surface area contributed by atoms with Gasteiger partial charge in [-0.1, -0.05) is 29.3 Å². The number of carbonyl (C=O) groups is 1. The Morgan fingerprint density at radius 2 is 1.54 bits per heavy atom. The predicted octanol–water partition coefficient (Wildman–Crippen LogP) is 5.06. The molecule has 0 fully saturated rings. The van der Waals surface area contributed by atoms with Crippen molar-refractivity contribution in [2.24, 2.45) is 0 Å². The summed E-state index contributed by atoms with van der Waals surface area (Å²) in [5, 5.41) is 5.77. The van der Waals surface area contributed by atoms with Crippen molar-refractivity contribution in [3.63, 3.8) is 0 Å². The summed E-state index contributed by atoms with van der Waals surface area (Å²) in [7, 11) is 0. The molecule has 132 valence electrons. The van der Waals surface area contributed by atoms with Gasteiger partial charge in [0.15, 0.2) is 0 Å². The third-order valence-electron chi connectivity index (χ3n) is 3.23. The molecule has 0 radical (unpaired) electrons. The van der Waals surface area contributed by atoms with Gasteiger partial charge in [0.25, 0.3) is 5.91 Å². The highest BCUT2D eigenvalue weighted by Gasteiger charge is 2.12. The summed E-state index contributed by atoms with van der Waals surface area (Å²) in [6, 6.07) is 8.04. The van der Waals surface area contributed by atoms with Gasteiger partial charge in [-0.05, 0) is 30.3 Å². The molecule has 0 aliphatic carbocycles. The van der Waals surface area contributed by atoms with Crippen LogP contribution >= 0.6 is 23.2 Å². The molecule has 0 unspecified atom stereocenters. The minimum atomic E-state index is -0.784. The maximum Gasteiger partial charge on any atom is 0.258 e. The van der Waals surface area contributed by atoms with Gasteiger partial charge < -0.3 is 10.6 Å². The van der Waals surface area contributed by atoms with Crippen molar-refractivity contribution in [2.75, 3.05) is 10.6 Å². The fourth-order valence-electron chi connectivity index (χ4n) is 2.07. The van der Waals surface area contributed by atoms with E-state index in [2.05, 4.69) is 20.6 Å². The van der Waals surface area contributed by atoms with Crippen molar-refractivity contribution < 1.29 is 13.6 Å². The van der Waals surface area contributed by atoms with Gasteiger partial charge in [-0.15, -0.1) is 0 Å². The number of halogens is 4. The molecule has 3 aromatic rings. The number of anilines is 3. The molecule has 1 amide bonds. The Morgan fingerprint density at radius 1 is 0.962 bits per heavy atom. The average molecular weight is 395 g/mol. The van der Waals surface area contributed by atoms with Crippen LogP contribution in [0.25, 0.3) is 0 Å². The summed E-state index contributed by atoms with van der Waals surface area (Å²) in [6.07, 6.45) is 2.44. The van der Waals surface area contributed by atoms with E-state index in [1.165, 1.54) is 36.7 Å². The zero-order valence-corrected chi connectivity index (χ0v) is 14.4. The maximum absolute atomic E-state index is 13.6. The van der Waals surface area contributed by atoms with Gasteiger partial charge in [0, 0.05) is 28.1 Å². The Bertz CT molecular complexity index is 927. The summed E-state index contributed by atoms with van der Waals surface area (Å²) >= 11 is 11.7.